The van der Waals surface area contributed by atoms with Crippen molar-refractivity contribution in [1.29, 1.82) is 0 Å². The second-order valence-electron chi connectivity index (χ2n) is 3.51. The van der Waals surface area contributed by atoms with E-state index < -0.39 is 0 Å². The van der Waals surface area contributed by atoms with Gasteiger partial charge in [-0.2, -0.15) is 0 Å². The lowest BCUT2D eigenvalue weighted by atomic mass is 10.4. The van der Waals surface area contributed by atoms with Crippen LogP contribution in [0.15, 0.2) is 0 Å². The van der Waals surface area contributed by atoms with Gasteiger partial charge in [-0.25, -0.2) is 0 Å². The third-order valence-electron chi connectivity index (χ3n) is 2.35. The van der Waals surface area contributed by atoms with Gasteiger partial charge < -0.3 is 14.8 Å². The summed E-state index contributed by atoms with van der Waals surface area (Å²) in [6.07, 6.45) is 0. The Bertz CT molecular complexity index is 143. The Kier molecular flexibility index (Phi) is 8.24. The summed E-state index contributed by atoms with van der Waals surface area (Å²) in [5.74, 6) is 0.577. The Labute approximate surface area is 96.9 Å². The Hall–Kier alpha value is 0.130. The van der Waals surface area contributed by atoms with Crippen LogP contribution >= 0.6 is 11.6 Å². The molecule has 1 heterocycles. The van der Waals surface area contributed by atoms with E-state index in [1.54, 1.807) is 0 Å². The van der Waals surface area contributed by atoms with Crippen molar-refractivity contribution in [3.05, 3.63) is 0 Å². The molecular formula is C10H21ClN2O2. The smallest absolute Gasteiger partial charge is 0.0602 e. The number of hydrogen-bond donors (Lipinski definition) is 1. The number of morpholine rings is 1. The van der Waals surface area contributed by atoms with Gasteiger partial charge in [-0.05, 0) is 0 Å². The monoisotopic (exact) mass is 236 g/mol. The summed E-state index contributed by atoms with van der Waals surface area (Å²) in [5, 5.41) is 3.34. The average Bonchev–Trinajstić information content (AvgIpc) is 2.29. The molecule has 0 saturated carbocycles. The van der Waals surface area contributed by atoms with Gasteiger partial charge in [0, 0.05) is 38.6 Å². The fraction of sp³-hybridized carbons (Fsp3) is 1.00. The molecule has 0 aromatic heterocycles. The van der Waals surface area contributed by atoms with Crippen molar-refractivity contribution >= 4 is 11.6 Å². The summed E-state index contributed by atoms with van der Waals surface area (Å²) in [4.78, 5) is 2.41. The molecule has 5 heteroatoms. The summed E-state index contributed by atoms with van der Waals surface area (Å²) in [6, 6.07) is 0. The van der Waals surface area contributed by atoms with Crippen LogP contribution in [0.25, 0.3) is 0 Å². The van der Waals surface area contributed by atoms with E-state index in [0.29, 0.717) is 12.5 Å². The molecule has 1 N–H and O–H groups in total. The average molecular weight is 237 g/mol. The minimum Gasteiger partial charge on any atom is -0.379 e. The molecule has 1 rings (SSSR count). The van der Waals surface area contributed by atoms with Crippen molar-refractivity contribution in [2.24, 2.45) is 0 Å². The van der Waals surface area contributed by atoms with Crippen LogP contribution in [0.1, 0.15) is 0 Å². The van der Waals surface area contributed by atoms with E-state index in [1.807, 2.05) is 0 Å². The zero-order valence-corrected chi connectivity index (χ0v) is 9.97. The number of nitrogens with zero attached hydrogens (tertiary/aromatic N) is 1. The predicted octanol–water partition coefficient (Wildman–Crippen LogP) is 0.164. The molecule has 1 fully saturated rings. The third kappa shape index (κ3) is 7.09. The van der Waals surface area contributed by atoms with Crippen LogP contribution in [0.5, 0.6) is 0 Å². The number of halogens is 1. The fourth-order valence-electron chi connectivity index (χ4n) is 1.49. The molecule has 1 saturated heterocycles. The van der Waals surface area contributed by atoms with Crippen molar-refractivity contribution < 1.29 is 9.47 Å². The van der Waals surface area contributed by atoms with Gasteiger partial charge in [0.2, 0.25) is 0 Å². The Morgan fingerprint density at radius 2 is 2.00 bits per heavy atom. The Morgan fingerprint density at radius 3 is 2.73 bits per heavy atom. The van der Waals surface area contributed by atoms with Crippen LogP contribution < -0.4 is 5.32 Å². The van der Waals surface area contributed by atoms with Gasteiger partial charge in [-0.15, -0.1) is 11.6 Å². The first kappa shape index (κ1) is 13.2. The lowest BCUT2D eigenvalue weighted by molar-refractivity contribution is 0.0381. The van der Waals surface area contributed by atoms with E-state index in [1.165, 1.54) is 0 Å². The maximum absolute atomic E-state index is 5.48. The van der Waals surface area contributed by atoms with Crippen LogP contribution in [0.4, 0.5) is 0 Å². The topological polar surface area (TPSA) is 33.7 Å². The van der Waals surface area contributed by atoms with Gasteiger partial charge in [-0.1, -0.05) is 0 Å². The molecular weight excluding hydrogens is 216 g/mol. The van der Waals surface area contributed by atoms with Crippen molar-refractivity contribution in [3.63, 3.8) is 0 Å². The lowest BCUT2D eigenvalue weighted by Crippen LogP contribution is -2.40. The lowest BCUT2D eigenvalue weighted by Gasteiger charge is -2.26. The van der Waals surface area contributed by atoms with Crippen molar-refractivity contribution in [3.8, 4) is 0 Å². The molecule has 0 amide bonds. The Balaban J connectivity index is 1.79. The SMILES string of the molecule is ClCCOCCNCCN1CCOCC1. The normalized spacial score (nSPS) is 18.2. The molecule has 0 aliphatic carbocycles. The number of hydrogen-bond acceptors (Lipinski definition) is 4. The molecule has 0 atom stereocenters. The maximum Gasteiger partial charge on any atom is 0.0602 e. The highest BCUT2D eigenvalue weighted by Crippen LogP contribution is 1.94. The predicted molar refractivity (Wildman–Crippen MR) is 61.7 cm³/mol. The largest absolute Gasteiger partial charge is 0.379 e. The molecule has 0 radical (unpaired) electrons. The molecule has 0 unspecified atom stereocenters. The summed E-state index contributed by atoms with van der Waals surface area (Å²) in [6.45, 7) is 8.28. The van der Waals surface area contributed by atoms with Crippen LogP contribution in [-0.2, 0) is 9.47 Å². The van der Waals surface area contributed by atoms with E-state index in [2.05, 4.69) is 10.2 Å². The van der Waals surface area contributed by atoms with E-state index >= 15 is 0 Å². The van der Waals surface area contributed by atoms with Gasteiger partial charge in [-0.3, -0.25) is 4.90 Å². The van der Waals surface area contributed by atoms with Gasteiger partial charge in [0.15, 0.2) is 0 Å². The van der Waals surface area contributed by atoms with Crippen LogP contribution in [-0.4, -0.2) is 69.9 Å². The molecule has 0 aromatic carbocycles. The van der Waals surface area contributed by atoms with Gasteiger partial charge in [0.1, 0.15) is 0 Å². The van der Waals surface area contributed by atoms with Gasteiger partial charge in [0.05, 0.1) is 26.4 Å². The summed E-state index contributed by atoms with van der Waals surface area (Å²) in [5.41, 5.74) is 0. The molecule has 0 bridgehead atoms. The third-order valence-corrected chi connectivity index (χ3v) is 2.51. The highest BCUT2D eigenvalue weighted by Gasteiger charge is 2.08. The molecule has 15 heavy (non-hydrogen) atoms. The van der Waals surface area contributed by atoms with Crippen molar-refractivity contribution in [1.82, 2.24) is 10.2 Å². The number of nitrogens with one attached hydrogen (secondary N) is 1. The second-order valence-corrected chi connectivity index (χ2v) is 3.88. The van der Waals surface area contributed by atoms with Gasteiger partial charge >= 0.3 is 0 Å². The number of rotatable bonds is 8. The minimum atomic E-state index is 0.577. The fourth-order valence-corrected chi connectivity index (χ4v) is 1.60. The van der Waals surface area contributed by atoms with E-state index in [0.717, 1.165) is 52.5 Å². The van der Waals surface area contributed by atoms with Crippen molar-refractivity contribution in [2.75, 3.05) is 65.0 Å². The first-order chi connectivity index (χ1) is 7.43. The maximum atomic E-state index is 5.48. The highest BCUT2D eigenvalue weighted by atomic mass is 35.5. The van der Waals surface area contributed by atoms with E-state index in [9.17, 15) is 0 Å². The summed E-state index contributed by atoms with van der Waals surface area (Å²) in [7, 11) is 0. The van der Waals surface area contributed by atoms with E-state index in [-0.39, 0.29) is 0 Å². The summed E-state index contributed by atoms with van der Waals surface area (Å²) >= 11 is 5.48. The second kappa shape index (κ2) is 9.36. The molecule has 4 nitrogen and oxygen atoms in total. The molecule has 1 aliphatic heterocycles. The highest BCUT2D eigenvalue weighted by molar-refractivity contribution is 6.17. The summed E-state index contributed by atoms with van der Waals surface area (Å²) < 4.78 is 10.5. The first-order valence-corrected chi connectivity index (χ1v) is 6.11. The number of ether oxygens (including phenoxy) is 2. The molecule has 1 aliphatic rings. The van der Waals surface area contributed by atoms with Gasteiger partial charge in [0.25, 0.3) is 0 Å². The van der Waals surface area contributed by atoms with Crippen LogP contribution in [0.2, 0.25) is 0 Å². The van der Waals surface area contributed by atoms with Crippen molar-refractivity contribution in [2.45, 2.75) is 0 Å². The molecule has 0 spiro atoms. The number of alkyl halides is 1. The van der Waals surface area contributed by atoms with Crippen LogP contribution in [0, 0.1) is 0 Å². The first-order valence-electron chi connectivity index (χ1n) is 5.58. The zero-order valence-electron chi connectivity index (χ0n) is 9.21. The molecule has 0 aromatic rings. The van der Waals surface area contributed by atoms with Crippen LogP contribution in [0.3, 0.4) is 0 Å². The Morgan fingerprint density at radius 1 is 1.20 bits per heavy atom. The van der Waals surface area contributed by atoms with E-state index in [4.69, 9.17) is 21.1 Å². The molecule has 90 valence electrons. The minimum absolute atomic E-state index is 0.577. The quantitative estimate of drug-likeness (QED) is 0.481. The zero-order chi connectivity index (χ0) is 10.8. The standard InChI is InChI=1S/C10H21ClN2O2/c11-1-7-14-8-3-12-2-4-13-5-9-15-10-6-13/h12H,1-10H2.